The molecule has 0 aliphatic heterocycles. The summed E-state index contributed by atoms with van der Waals surface area (Å²) in [7, 11) is 0. The van der Waals surface area contributed by atoms with Crippen molar-refractivity contribution in [3.8, 4) is 5.75 Å². The second kappa shape index (κ2) is 4.86. The molecule has 0 unspecified atom stereocenters. The van der Waals surface area contributed by atoms with Gasteiger partial charge in [-0.05, 0) is 25.1 Å². The number of ether oxygens (including phenoxy) is 1. The van der Waals surface area contributed by atoms with E-state index < -0.39 is 0 Å². The topological polar surface area (TPSA) is 48.4 Å². The first-order valence-corrected chi connectivity index (χ1v) is 5.24. The Morgan fingerprint density at radius 1 is 1.19 bits per heavy atom. The number of benzene rings is 1. The van der Waals surface area contributed by atoms with Crippen LogP contribution in [-0.2, 0) is 13.2 Å². The Labute approximate surface area is 94.8 Å². The van der Waals surface area contributed by atoms with Crippen molar-refractivity contribution >= 4 is 0 Å². The first kappa shape index (κ1) is 10.8. The Morgan fingerprint density at radius 3 is 2.62 bits per heavy atom. The molecule has 2 aromatic rings. The van der Waals surface area contributed by atoms with Crippen LogP contribution in [-0.4, -0.2) is 0 Å². The van der Waals surface area contributed by atoms with Crippen molar-refractivity contribution in [2.24, 2.45) is 5.73 Å². The lowest BCUT2D eigenvalue weighted by Crippen LogP contribution is -2.01. The number of hydrogen-bond donors (Lipinski definition) is 1. The predicted octanol–water partition coefficient (Wildman–Crippen LogP) is 2.63. The summed E-state index contributed by atoms with van der Waals surface area (Å²) < 4.78 is 10.9. The maximum Gasteiger partial charge on any atom is 0.146 e. The summed E-state index contributed by atoms with van der Waals surface area (Å²) in [4.78, 5) is 0. The van der Waals surface area contributed by atoms with Gasteiger partial charge in [0.15, 0.2) is 0 Å². The van der Waals surface area contributed by atoms with Crippen molar-refractivity contribution in [3.05, 3.63) is 53.5 Å². The van der Waals surface area contributed by atoms with Crippen LogP contribution >= 0.6 is 0 Å². The minimum absolute atomic E-state index is 0.419. The van der Waals surface area contributed by atoms with Crippen molar-refractivity contribution in [2.45, 2.75) is 20.1 Å². The Hall–Kier alpha value is -1.74. The first-order chi connectivity index (χ1) is 7.79. The summed E-state index contributed by atoms with van der Waals surface area (Å²) in [6.45, 7) is 2.94. The fourth-order valence-corrected chi connectivity index (χ4v) is 1.46. The third kappa shape index (κ3) is 2.44. The fourth-order valence-electron chi connectivity index (χ4n) is 1.46. The average Bonchev–Trinajstić information content (AvgIpc) is 2.76. The van der Waals surface area contributed by atoms with Crippen LogP contribution < -0.4 is 10.5 Å². The molecule has 0 saturated heterocycles. The summed E-state index contributed by atoms with van der Waals surface area (Å²) in [5.74, 6) is 1.63. The van der Waals surface area contributed by atoms with Gasteiger partial charge in [0.2, 0.25) is 0 Å². The molecule has 3 heteroatoms. The van der Waals surface area contributed by atoms with E-state index in [4.69, 9.17) is 14.9 Å². The molecule has 16 heavy (non-hydrogen) atoms. The van der Waals surface area contributed by atoms with Gasteiger partial charge in [0.1, 0.15) is 18.1 Å². The molecule has 0 bridgehead atoms. The van der Waals surface area contributed by atoms with E-state index in [0.29, 0.717) is 13.2 Å². The third-order valence-corrected chi connectivity index (χ3v) is 2.45. The minimum Gasteiger partial charge on any atom is -0.486 e. The van der Waals surface area contributed by atoms with Crippen LogP contribution in [0, 0.1) is 6.92 Å². The van der Waals surface area contributed by atoms with Crippen molar-refractivity contribution in [1.29, 1.82) is 0 Å². The molecule has 0 aliphatic carbocycles. The van der Waals surface area contributed by atoms with Crippen LogP contribution in [0.5, 0.6) is 5.75 Å². The van der Waals surface area contributed by atoms with E-state index in [2.05, 4.69) is 0 Å². The van der Waals surface area contributed by atoms with Crippen LogP contribution in [0.15, 0.2) is 41.0 Å². The zero-order valence-corrected chi connectivity index (χ0v) is 9.27. The Bertz CT molecular complexity index is 445. The van der Waals surface area contributed by atoms with Crippen LogP contribution in [0.1, 0.15) is 16.9 Å². The Morgan fingerprint density at radius 2 is 1.94 bits per heavy atom. The molecule has 0 amide bonds. The number of rotatable bonds is 4. The summed E-state index contributed by atoms with van der Waals surface area (Å²) in [6.07, 6.45) is 1.63. The van der Waals surface area contributed by atoms with Gasteiger partial charge in [0.25, 0.3) is 0 Å². The monoisotopic (exact) mass is 217 g/mol. The molecule has 0 radical (unpaired) electrons. The van der Waals surface area contributed by atoms with E-state index in [-0.39, 0.29) is 0 Å². The van der Waals surface area contributed by atoms with Crippen LogP contribution in [0.3, 0.4) is 0 Å². The molecular formula is C13H15NO2. The van der Waals surface area contributed by atoms with Gasteiger partial charge in [-0.15, -0.1) is 0 Å². The van der Waals surface area contributed by atoms with Gasteiger partial charge < -0.3 is 14.9 Å². The second-order valence-corrected chi connectivity index (χ2v) is 3.67. The smallest absolute Gasteiger partial charge is 0.146 e. The third-order valence-electron chi connectivity index (χ3n) is 2.45. The van der Waals surface area contributed by atoms with Crippen molar-refractivity contribution < 1.29 is 9.15 Å². The minimum atomic E-state index is 0.419. The quantitative estimate of drug-likeness (QED) is 0.856. The normalized spacial score (nSPS) is 10.4. The van der Waals surface area contributed by atoms with E-state index in [1.165, 1.54) is 5.56 Å². The molecule has 1 aromatic carbocycles. The fraction of sp³-hybridized carbons (Fsp3) is 0.231. The van der Waals surface area contributed by atoms with Crippen molar-refractivity contribution in [3.63, 3.8) is 0 Å². The summed E-state index contributed by atoms with van der Waals surface area (Å²) in [6, 6.07) is 9.79. The molecule has 1 aromatic heterocycles. The molecule has 0 aliphatic rings. The molecule has 0 spiro atoms. The predicted molar refractivity (Wildman–Crippen MR) is 62.1 cm³/mol. The molecule has 3 nitrogen and oxygen atoms in total. The highest BCUT2D eigenvalue weighted by molar-refractivity contribution is 5.26. The Balaban J connectivity index is 1.99. The van der Waals surface area contributed by atoms with Crippen molar-refractivity contribution in [2.75, 3.05) is 0 Å². The zero-order chi connectivity index (χ0) is 11.4. The van der Waals surface area contributed by atoms with Crippen molar-refractivity contribution in [1.82, 2.24) is 0 Å². The Kier molecular flexibility index (Phi) is 3.27. The maximum absolute atomic E-state index is 5.60. The van der Waals surface area contributed by atoms with Crippen LogP contribution in [0.2, 0.25) is 0 Å². The molecule has 1 heterocycles. The lowest BCUT2D eigenvalue weighted by atomic mass is 10.2. The van der Waals surface area contributed by atoms with Gasteiger partial charge >= 0.3 is 0 Å². The van der Waals surface area contributed by atoms with E-state index in [0.717, 1.165) is 17.1 Å². The summed E-state index contributed by atoms with van der Waals surface area (Å²) >= 11 is 0. The second-order valence-electron chi connectivity index (χ2n) is 3.67. The van der Waals surface area contributed by atoms with Gasteiger partial charge in [0.05, 0.1) is 6.26 Å². The van der Waals surface area contributed by atoms with Gasteiger partial charge in [0, 0.05) is 12.1 Å². The van der Waals surface area contributed by atoms with Gasteiger partial charge in [-0.25, -0.2) is 0 Å². The number of furan rings is 1. The van der Waals surface area contributed by atoms with E-state index in [1.54, 1.807) is 6.26 Å². The maximum atomic E-state index is 5.60. The van der Waals surface area contributed by atoms with Gasteiger partial charge in [-0.1, -0.05) is 17.7 Å². The van der Waals surface area contributed by atoms with E-state index in [1.807, 2.05) is 37.3 Å². The largest absolute Gasteiger partial charge is 0.486 e. The molecule has 84 valence electrons. The number of nitrogens with two attached hydrogens (primary N) is 1. The molecule has 2 rings (SSSR count). The molecule has 0 fully saturated rings. The highest BCUT2D eigenvalue weighted by Gasteiger charge is 2.05. The lowest BCUT2D eigenvalue weighted by Gasteiger charge is -2.05. The van der Waals surface area contributed by atoms with Crippen LogP contribution in [0.25, 0.3) is 0 Å². The van der Waals surface area contributed by atoms with Gasteiger partial charge in [-0.3, -0.25) is 0 Å². The SMILES string of the molecule is Cc1ccc(OCc2occc2CN)cc1. The molecule has 0 atom stereocenters. The molecule has 0 saturated carbocycles. The summed E-state index contributed by atoms with van der Waals surface area (Å²) in [5.41, 5.74) is 7.78. The van der Waals surface area contributed by atoms with Gasteiger partial charge in [-0.2, -0.15) is 0 Å². The zero-order valence-electron chi connectivity index (χ0n) is 9.27. The summed E-state index contributed by atoms with van der Waals surface area (Å²) in [5, 5.41) is 0. The first-order valence-electron chi connectivity index (χ1n) is 5.24. The number of aryl methyl sites for hydroxylation is 1. The van der Waals surface area contributed by atoms with E-state index >= 15 is 0 Å². The highest BCUT2D eigenvalue weighted by Crippen LogP contribution is 2.16. The molecule has 2 N–H and O–H groups in total. The van der Waals surface area contributed by atoms with Crippen LogP contribution in [0.4, 0.5) is 0 Å². The average molecular weight is 217 g/mol. The highest BCUT2D eigenvalue weighted by atomic mass is 16.5. The molecular weight excluding hydrogens is 202 g/mol. The standard InChI is InChI=1S/C13H15NO2/c1-10-2-4-12(5-3-10)16-9-13-11(8-14)6-7-15-13/h2-7H,8-9,14H2,1H3. The number of hydrogen-bond acceptors (Lipinski definition) is 3. The lowest BCUT2D eigenvalue weighted by molar-refractivity contribution is 0.268. The van der Waals surface area contributed by atoms with E-state index in [9.17, 15) is 0 Å².